The molecule has 1 N–H and O–H groups in total. The molecule has 0 saturated carbocycles. The van der Waals surface area contributed by atoms with Gasteiger partial charge in [0.2, 0.25) is 11.8 Å². The summed E-state index contributed by atoms with van der Waals surface area (Å²) < 4.78 is 0. The van der Waals surface area contributed by atoms with Crippen LogP contribution >= 0.6 is 0 Å². The second-order valence-electron chi connectivity index (χ2n) is 10.4. The van der Waals surface area contributed by atoms with Crippen LogP contribution in [0.2, 0.25) is 0 Å². The Morgan fingerprint density at radius 2 is 1.56 bits per heavy atom. The molecular weight excluding hydrogens is 486 g/mol. The minimum Gasteiger partial charge on any atom is -0.352 e. The van der Waals surface area contributed by atoms with Crippen molar-refractivity contribution in [2.24, 2.45) is 0 Å². The van der Waals surface area contributed by atoms with E-state index in [1.165, 1.54) is 0 Å². The summed E-state index contributed by atoms with van der Waals surface area (Å²) in [5.74, 6) is -0.692. The number of aryl methyl sites for hydroxylation is 1. The number of hydrogen-bond donors (Lipinski definition) is 1. The summed E-state index contributed by atoms with van der Waals surface area (Å²) in [4.78, 5) is 44.5. The van der Waals surface area contributed by atoms with Gasteiger partial charge in [0.15, 0.2) is 0 Å². The molecule has 0 aromatic heterocycles. The molecule has 5 rings (SSSR count). The van der Waals surface area contributed by atoms with Gasteiger partial charge in [0.05, 0.1) is 5.69 Å². The van der Waals surface area contributed by atoms with E-state index in [9.17, 15) is 14.4 Å². The van der Waals surface area contributed by atoms with Crippen LogP contribution in [-0.2, 0) is 22.6 Å². The molecule has 6 nitrogen and oxygen atoms in total. The predicted octanol–water partition coefficient (Wildman–Crippen LogP) is 5.27. The highest BCUT2D eigenvalue weighted by Crippen LogP contribution is 2.37. The third-order valence-corrected chi connectivity index (χ3v) is 7.25. The van der Waals surface area contributed by atoms with Gasteiger partial charge in [-0.1, -0.05) is 78.9 Å². The van der Waals surface area contributed by atoms with E-state index in [0.29, 0.717) is 12.0 Å². The summed E-state index contributed by atoms with van der Waals surface area (Å²) in [6, 6.07) is 28.1. The minimum atomic E-state index is -0.752. The topological polar surface area (TPSA) is 69.7 Å². The van der Waals surface area contributed by atoms with Crippen LogP contribution < -0.4 is 10.2 Å². The van der Waals surface area contributed by atoms with Gasteiger partial charge in [-0.2, -0.15) is 0 Å². The van der Waals surface area contributed by atoms with E-state index in [0.717, 1.165) is 33.2 Å². The van der Waals surface area contributed by atoms with Gasteiger partial charge in [0, 0.05) is 30.0 Å². The first kappa shape index (κ1) is 26.2. The van der Waals surface area contributed by atoms with Crippen molar-refractivity contribution >= 4 is 34.2 Å². The average Bonchev–Trinajstić information content (AvgIpc) is 3.19. The summed E-state index contributed by atoms with van der Waals surface area (Å²) in [7, 11) is 0. The van der Waals surface area contributed by atoms with Crippen LogP contribution in [0.5, 0.6) is 0 Å². The van der Waals surface area contributed by atoms with Crippen LogP contribution in [0.25, 0.3) is 10.8 Å². The second kappa shape index (κ2) is 11.1. The van der Waals surface area contributed by atoms with Gasteiger partial charge in [-0.15, -0.1) is 0 Å². The average molecular weight is 520 g/mol. The molecule has 1 heterocycles. The Kier molecular flexibility index (Phi) is 7.46. The molecule has 1 aliphatic rings. The monoisotopic (exact) mass is 519 g/mol. The number of nitrogens with one attached hydrogen (secondary N) is 1. The highest BCUT2D eigenvalue weighted by Gasteiger charge is 2.36. The molecule has 1 atom stereocenters. The summed E-state index contributed by atoms with van der Waals surface area (Å²) >= 11 is 0. The molecular formula is C33H33N3O3. The van der Waals surface area contributed by atoms with Crippen molar-refractivity contribution in [3.8, 4) is 0 Å². The van der Waals surface area contributed by atoms with Crippen molar-refractivity contribution in [1.82, 2.24) is 10.2 Å². The molecule has 198 valence electrons. The van der Waals surface area contributed by atoms with Crippen molar-refractivity contribution in [2.45, 2.75) is 45.8 Å². The molecule has 4 aromatic rings. The Hall–Kier alpha value is -4.45. The molecule has 3 amide bonds. The third kappa shape index (κ3) is 5.41. The Balaban J connectivity index is 1.52. The first-order valence-electron chi connectivity index (χ1n) is 13.4. The number of benzene rings is 4. The van der Waals surface area contributed by atoms with E-state index in [4.69, 9.17) is 0 Å². The van der Waals surface area contributed by atoms with Crippen molar-refractivity contribution in [3.63, 3.8) is 0 Å². The smallest absolute Gasteiger partial charge is 0.259 e. The standard InChI is InChI=1S/C33H33N3O3/c1-22(2)34-32(38)29(19-24-12-5-4-6-13-24)35(20-26-14-8-7-11-23(26)3)30(37)21-36-28-18-10-16-25-15-9-17-27(31(25)28)33(36)39/h4-18,22,29H,19-21H2,1-3H3,(H,34,38)/t29-/m1/s1. The summed E-state index contributed by atoms with van der Waals surface area (Å²) in [5.41, 5.74) is 4.27. The Morgan fingerprint density at radius 1 is 0.872 bits per heavy atom. The normalized spacial score (nSPS) is 13.1. The Bertz CT molecular complexity index is 1520. The van der Waals surface area contributed by atoms with E-state index >= 15 is 0 Å². The number of nitrogens with zero attached hydrogens (tertiary/aromatic N) is 2. The van der Waals surface area contributed by atoms with Crippen LogP contribution in [0.3, 0.4) is 0 Å². The van der Waals surface area contributed by atoms with Gasteiger partial charge in [0.1, 0.15) is 12.6 Å². The fourth-order valence-electron chi connectivity index (χ4n) is 5.27. The number of anilines is 1. The van der Waals surface area contributed by atoms with Crippen molar-refractivity contribution in [2.75, 3.05) is 11.4 Å². The summed E-state index contributed by atoms with van der Waals surface area (Å²) in [5, 5.41) is 4.84. The Morgan fingerprint density at radius 3 is 2.28 bits per heavy atom. The number of amides is 3. The van der Waals surface area contributed by atoms with E-state index in [2.05, 4.69) is 5.32 Å². The van der Waals surface area contributed by atoms with Crippen LogP contribution in [0.15, 0.2) is 91.0 Å². The van der Waals surface area contributed by atoms with Gasteiger partial charge in [0.25, 0.3) is 5.91 Å². The van der Waals surface area contributed by atoms with Gasteiger partial charge in [-0.05, 0) is 55.0 Å². The summed E-state index contributed by atoms with van der Waals surface area (Å²) in [6.45, 7) is 5.92. The predicted molar refractivity (Wildman–Crippen MR) is 155 cm³/mol. The fourth-order valence-corrected chi connectivity index (χ4v) is 5.27. The fraction of sp³-hybridized carbons (Fsp3) is 0.242. The lowest BCUT2D eigenvalue weighted by Crippen LogP contribution is -2.54. The molecule has 39 heavy (non-hydrogen) atoms. The van der Waals surface area contributed by atoms with Gasteiger partial charge in [-0.25, -0.2) is 0 Å². The molecule has 1 aliphatic heterocycles. The van der Waals surface area contributed by atoms with Crippen LogP contribution in [-0.4, -0.2) is 41.2 Å². The first-order chi connectivity index (χ1) is 18.8. The molecule has 0 saturated heterocycles. The van der Waals surface area contributed by atoms with Crippen LogP contribution in [0.4, 0.5) is 5.69 Å². The largest absolute Gasteiger partial charge is 0.352 e. The van der Waals surface area contributed by atoms with Crippen molar-refractivity contribution in [1.29, 1.82) is 0 Å². The zero-order valence-electron chi connectivity index (χ0n) is 22.6. The molecule has 6 heteroatoms. The van der Waals surface area contributed by atoms with E-state index in [1.807, 2.05) is 106 Å². The van der Waals surface area contributed by atoms with Gasteiger partial charge < -0.3 is 10.2 Å². The number of hydrogen-bond acceptors (Lipinski definition) is 3. The molecule has 0 aliphatic carbocycles. The van der Waals surface area contributed by atoms with Crippen molar-refractivity contribution in [3.05, 3.63) is 113 Å². The SMILES string of the molecule is Cc1ccccc1CN(C(=O)CN1C(=O)c2cccc3cccc1c23)[C@H](Cc1ccccc1)C(=O)NC(C)C. The first-order valence-corrected chi connectivity index (χ1v) is 13.4. The number of carbonyl (C=O) groups is 3. The second-order valence-corrected chi connectivity index (χ2v) is 10.4. The number of rotatable bonds is 9. The van der Waals surface area contributed by atoms with E-state index in [1.54, 1.807) is 15.9 Å². The maximum absolute atomic E-state index is 14.2. The zero-order valence-corrected chi connectivity index (χ0v) is 22.6. The van der Waals surface area contributed by atoms with Crippen molar-refractivity contribution < 1.29 is 14.4 Å². The maximum atomic E-state index is 14.2. The van der Waals surface area contributed by atoms with E-state index < -0.39 is 6.04 Å². The molecule has 0 fully saturated rings. The van der Waals surface area contributed by atoms with E-state index in [-0.39, 0.29) is 36.9 Å². The molecule has 4 aromatic carbocycles. The quantitative estimate of drug-likeness (QED) is 0.327. The lowest BCUT2D eigenvalue weighted by atomic mass is 10.0. The molecule has 0 bridgehead atoms. The maximum Gasteiger partial charge on any atom is 0.259 e. The summed E-state index contributed by atoms with van der Waals surface area (Å²) in [6.07, 6.45) is 0.362. The minimum absolute atomic E-state index is 0.0848. The number of carbonyl (C=O) groups excluding carboxylic acids is 3. The lowest BCUT2D eigenvalue weighted by molar-refractivity contribution is -0.140. The van der Waals surface area contributed by atoms with Crippen LogP contribution in [0, 0.1) is 6.92 Å². The molecule has 0 radical (unpaired) electrons. The van der Waals surface area contributed by atoms with Crippen LogP contribution in [0.1, 0.15) is 40.9 Å². The Labute approximate surface area is 229 Å². The van der Waals surface area contributed by atoms with Gasteiger partial charge in [-0.3, -0.25) is 19.3 Å². The molecule has 0 spiro atoms. The lowest BCUT2D eigenvalue weighted by Gasteiger charge is -2.33. The van der Waals surface area contributed by atoms with Gasteiger partial charge >= 0.3 is 0 Å². The third-order valence-electron chi connectivity index (χ3n) is 7.25. The highest BCUT2D eigenvalue weighted by molar-refractivity contribution is 6.26. The molecule has 0 unspecified atom stereocenters. The zero-order chi connectivity index (χ0) is 27.5. The highest BCUT2D eigenvalue weighted by atomic mass is 16.2.